The quantitative estimate of drug-likeness (QED) is 0.720. The van der Waals surface area contributed by atoms with Crippen LogP contribution in [0.2, 0.25) is 5.02 Å². The molecule has 2 atom stereocenters. The minimum absolute atomic E-state index is 0.384. The van der Waals surface area contributed by atoms with Gasteiger partial charge in [0.1, 0.15) is 5.82 Å². The maximum absolute atomic E-state index is 6.02. The van der Waals surface area contributed by atoms with E-state index in [0.717, 1.165) is 23.3 Å². The monoisotopic (exact) mass is 284 g/mol. The lowest BCUT2D eigenvalue weighted by Crippen LogP contribution is -2.15. The molecule has 2 aromatic rings. The van der Waals surface area contributed by atoms with E-state index >= 15 is 0 Å². The van der Waals surface area contributed by atoms with Gasteiger partial charge in [0, 0.05) is 11.1 Å². The predicted octanol–water partition coefficient (Wildman–Crippen LogP) is 5.04. The number of fused-ring (bicyclic) bond motifs is 1. The lowest BCUT2D eigenvalue weighted by atomic mass is 10.0. The first-order valence-corrected chi connectivity index (χ1v) is 7.22. The summed E-state index contributed by atoms with van der Waals surface area (Å²) in [5.41, 5.74) is 2.04. The highest BCUT2D eigenvalue weighted by Crippen LogP contribution is 2.29. The van der Waals surface area contributed by atoms with Crippen LogP contribution in [0.3, 0.4) is 0 Å². The fourth-order valence-corrected chi connectivity index (χ4v) is 2.62. The Morgan fingerprint density at radius 2 is 2.06 bits per heavy atom. The smallest absolute Gasteiger partial charge is 0.125 e. The van der Waals surface area contributed by atoms with Gasteiger partial charge in [-0.3, -0.25) is 0 Å². The first-order valence-electron chi connectivity index (χ1n) is 6.30. The van der Waals surface area contributed by atoms with E-state index in [1.165, 1.54) is 0 Å². The molecule has 18 heavy (non-hydrogen) atoms. The Morgan fingerprint density at radius 1 is 1.33 bits per heavy atom. The zero-order valence-corrected chi connectivity index (χ0v) is 12.5. The molecule has 4 heteroatoms. The van der Waals surface area contributed by atoms with Gasteiger partial charge in [0.05, 0.1) is 16.9 Å². The molecule has 0 aliphatic heterocycles. The van der Waals surface area contributed by atoms with Gasteiger partial charge < -0.3 is 4.57 Å². The second-order valence-corrected chi connectivity index (χ2v) is 5.49. The molecule has 98 valence electrons. The van der Waals surface area contributed by atoms with E-state index in [0.29, 0.717) is 22.9 Å². The molecule has 2 rings (SSSR count). The van der Waals surface area contributed by atoms with Gasteiger partial charge in [-0.05, 0) is 31.0 Å². The predicted molar refractivity (Wildman–Crippen MR) is 78.5 cm³/mol. The average molecular weight is 285 g/mol. The highest BCUT2D eigenvalue weighted by molar-refractivity contribution is 6.31. The van der Waals surface area contributed by atoms with E-state index in [-0.39, 0.29) is 0 Å². The van der Waals surface area contributed by atoms with Crippen molar-refractivity contribution >= 4 is 34.2 Å². The molecular weight excluding hydrogens is 267 g/mol. The van der Waals surface area contributed by atoms with Gasteiger partial charge in [-0.1, -0.05) is 31.9 Å². The van der Waals surface area contributed by atoms with E-state index in [1.807, 2.05) is 18.2 Å². The number of imidazole rings is 1. The molecule has 1 heterocycles. The summed E-state index contributed by atoms with van der Waals surface area (Å²) >= 11 is 12.0. The van der Waals surface area contributed by atoms with E-state index in [4.69, 9.17) is 23.2 Å². The van der Waals surface area contributed by atoms with Crippen LogP contribution in [0, 0.1) is 5.92 Å². The molecular formula is C14H18Cl2N2. The molecule has 0 amide bonds. The third kappa shape index (κ3) is 2.36. The molecule has 0 N–H and O–H groups in total. The number of aromatic nitrogens is 2. The maximum Gasteiger partial charge on any atom is 0.125 e. The molecule has 0 spiro atoms. The van der Waals surface area contributed by atoms with Crippen molar-refractivity contribution in [1.82, 2.24) is 9.55 Å². The summed E-state index contributed by atoms with van der Waals surface area (Å²) in [4.78, 5) is 4.58. The summed E-state index contributed by atoms with van der Waals surface area (Å²) in [5.74, 6) is 1.93. The molecule has 1 aromatic heterocycles. The highest BCUT2D eigenvalue weighted by atomic mass is 35.5. The number of hydrogen-bond donors (Lipinski definition) is 0. The van der Waals surface area contributed by atoms with Crippen LogP contribution in [0.5, 0.6) is 0 Å². The van der Waals surface area contributed by atoms with Crippen molar-refractivity contribution < 1.29 is 0 Å². The lowest BCUT2D eigenvalue weighted by Gasteiger charge is -2.22. The molecule has 0 fully saturated rings. The van der Waals surface area contributed by atoms with Crippen molar-refractivity contribution in [3.63, 3.8) is 0 Å². The third-order valence-electron chi connectivity index (χ3n) is 3.72. The van der Waals surface area contributed by atoms with Crippen LogP contribution in [0.1, 0.15) is 39.1 Å². The van der Waals surface area contributed by atoms with Crippen molar-refractivity contribution in [3.05, 3.63) is 29.0 Å². The van der Waals surface area contributed by atoms with Crippen LogP contribution in [0.15, 0.2) is 18.2 Å². The van der Waals surface area contributed by atoms with Gasteiger partial charge in [0.25, 0.3) is 0 Å². The van der Waals surface area contributed by atoms with Gasteiger partial charge in [-0.2, -0.15) is 0 Å². The molecule has 2 unspecified atom stereocenters. The third-order valence-corrected chi connectivity index (χ3v) is 4.19. The lowest BCUT2D eigenvalue weighted by molar-refractivity contribution is 0.371. The second kappa shape index (κ2) is 5.50. The Labute approximate surface area is 118 Å². The Hall–Kier alpha value is -0.730. The largest absolute Gasteiger partial charge is 0.324 e. The van der Waals surface area contributed by atoms with Crippen molar-refractivity contribution in [2.45, 2.75) is 39.1 Å². The van der Waals surface area contributed by atoms with Crippen LogP contribution < -0.4 is 0 Å². The van der Waals surface area contributed by atoms with Crippen LogP contribution in [-0.4, -0.2) is 9.55 Å². The van der Waals surface area contributed by atoms with Crippen molar-refractivity contribution in [2.24, 2.45) is 5.92 Å². The normalized spacial score (nSPS) is 14.9. The summed E-state index contributed by atoms with van der Waals surface area (Å²) in [7, 11) is 0. The van der Waals surface area contributed by atoms with E-state index in [2.05, 4.69) is 30.3 Å². The summed E-state index contributed by atoms with van der Waals surface area (Å²) in [6.45, 7) is 6.68. The van der Waals surface area contributed by atoms with E-state index < -0.39 is 0 Å². The molecule has 2 nitrogen and oxygen atoms in total. The summed E-state index contributed by atoms with van der Waals surface area (Å²) in [6.07, 6.45) is 1.14. The van der Waals surface area contributed by atoms with Crippen LogP contribution in [0.25, 0.3) is 11.0 Å². The van der Waals surface area contributed by atoms with Crippen LogP contribution in [0.4, 0.5) is 0 Å². The SMILES string of the molecule is CCC(C)C(C)n1c(CCl)nc2cc(Cl)ccc21. The second-order valence-electron chi connectivity index (χ2n) is 4.79. The van der Waals surface area contributed by atoms with E-state index in [1.54, 1.807) is 0 Å². The fraction of sp³-hybridized carbons (Fsp3) is 0.500. The van der Waals surface area contributed by atoms with Crippen LogP contribution in [-0.2, 0) is 5.88 Å². The topological polar surface area (TPSA) is 17.8 Å². The van der Waals surface area contributed by atoms with Crippen molar-refractivity contribution in [1.29, 1.82) is 0 Å². The van der Waals surface area contributed by atoms with Crippen molar-refractivity contribution in [3.8, 4) is 0 Å². The number of rotatable bonds is 4. The Balaban J connectivity index is 2.60. The molecule has 1 aromatic carbocycles. The zero-order valence-electron chi connectivity index (χ0n) is 11.0. The number of alkyl halides is 1. The minimum Gasteiger partial charge on any atom is -0.324 e. The number of halogens is 2. The summed E-state index contributed by atoms with van der Waals surface area (Å²) < 4.78 is 2.24. The standard InChI is InChI=1S/C14H18Cl2N2/c1-4-9(2)10(3)18-13-6-5-11(16)7-12(13)17-14(18)8-15/h5-7,9-10H,4,8H2,1-3H3. The number of nitrogens with zero attached hydrogens (tertiary/aromatic N) is 2. The first kappa shape index (κ1) is 13.7. The van der Waals surface area contributed by atoms with Crippen LogP contribution >= 0.6 is 23.2 Å². The van der Waals surface area contributed by atoms with Gasteiger partial charge in [-0.15, -0.1) is 11.6 Å². The van der Waals surface area contributed by atoms with Crippen molar-refractivity contribution in [2.75, 3.05) is 0 Å². The number of benzene rings is 1. The molecule has 0 aliphatic carbocycles. The Morgan fingerprint density at radius 3 is 2.67 bits per heavy atom. The fourth-order valence-electron chi connectivity index (χ4n) is 2.27. The Kier molecular flexibility index (Phi) is 4.18. The highest BCUT2D eigenvalue weighted by Gasteiger charge is 2.19. The van der Waals surface area contributed by atoms with Gasteiger partial charge in [0.2, 0.25) is 0 Å². The molecule has 0 saturated heterocycles. The van der Waals surface area contributed by atoms with E-state index in [9.17, 15) is 0 Å². The molecule has 0 radical (unpaired) electrons. The van der Waals surface area contributed by atoms with Gasteiger partial charge in [-0.25, -0.2) is 4.98 Å². The van der Waals surface area contributed by atoms with Gasteiger partial charge in [0.15, 0.2) is 0 Å². The molecule has 0 aliphatic rings. The van der Waals surface area contributed by atoms with Gasteiger partial charge >= 0.3 is 0 Å². The molecule has 0 bridgehead atoms. The maximum atomic E-state index is 6.02. The minimum atomic E-state index is 0.384. The zero-order chi connectivity index (χ0) is 13.3. The molecule has 0 saturated carbocycles. The Bertz CT molecular complexity index is 548. The summed E-state index contributed by atoms with van der Waals surface area (Å²) in [6, 6.07) is 6.21. The average Bonchev–Trinajstić information content (AvgIpc) is 2.74. The number of hydrogen-bond acceptors (Lipinski definition) is 1. The first-order chi connectivity index (χ1) is 8.58. The summed E-state index contributed by atoms with van der Waals surface area (Å²) in [5, 5.41) is 0.712.